The lowest BCUT2D eigenvalue weighted by atomic mass is 10.1. The number of nitrogens with one attached hydrogen (secondary N) is 1. The van der Waals surface area contributed by atoms with E-state index in [-0.39, 0.29) is 0 Å². The largest absolute Gasteiger partial charge is 0.379 e. The smallest absolute Gasteiger partial charge is 0.151 e. The molecular weight excluding hydrogens is 312 g/mol. The van der Waals surface area contributed by atoms with Crippen molar-refractivity contribution < 1.29 is 4.74 Å². The molecule has 1 fully saturated rings. The Kier molecular flexibility index (Phi) is 5.06. The summed E-state index contributed by atoms with van der Waals surface area (Å²) in [5.41, 5.74) is 7.03. The summed E-state index contributed by atoms with van der Waals surface area (Å²) < 4.78 is 5.42. The molecule has 2 aromatic carbocycles. The van der Waals surface area contributed by atoms with E-state index in [1.165, 1.54) is 5.56 Å². The van der Waals surface area contributed by atoms with Gasteiger partial charge in [0.05, 0.1) is 25.4 Å². The second-order valence-electron chi connectivity index (χ2n) is 6.38. The van der Waals surface area contributed by atoms with Crippen molar-refractivity contribution >= 4 is 11.5 Å². The van der Waals surface area contributed by atoms with Crippen LogP contribution in [-0.4, -0.2) is 55.1 Å². The van der Waals surface area contributed by atoms with Gasteiger partial charge in [-0.1, -0.05) is 48.5 Å². The van der Waals surface area contributed by atoms with Gasteiger partial charge in [-0.3, -0.25) is 9.91 Å². The van der Waals surface area contributed by atoms with Crippen LogP contribution in [0.15, 0.2) is 59.6 Å². The second-order valence-corrected chi connectivity index (χ2v) is 6.38. The fourth-order valence-corrected chi connectivity index (χ4v) is 3.28. The number of rotatable bonds is 5. The van der Waals surface area contributed by atoms with Gasteiger partial charge in [0.25, 0.3) is 0 Å². The molecule has 2 heterocycles. The third-order valence-electron chi connectivity index (χ3n) is 4.67. The van der Waals surface area contributed by atoms with E-state index < -0.39 is 0 Å². The van der Waals surface area contributed by atoms with Gasteiger partial charge < -0.3 is 4.74 Å². The Hall–Kier alpha value is -2.21. The minimum atomic E-state index is 0.826. The van der Waals surface area contributed by atoms with E-state index in [0.29, 0.717) is 0 Å². The summed E-state index contributed by atoms with van der Waals surface area (Å²) >= 11 is 0. The van der Waals surface area contributed by atoms with Crippen LogP contribution in [0.25, 0.3) is 0 Å². The lowest BCUT2D eigenvalue weighted by Gasteiger charge is -2.33. The average molecular weight is 336 g/mol. The molecule has 0 bridgehead atoms. The van der Waals surface area contributed by atoms with E-state index in [9.17, 15) is 0 Å². The van der Waals surface area contributed by atoms with Crippen LogP contribution in [0.1, 0.15) is 11.1 Å². The highest BCUT2D eigenvalue weighted by molar-refractivity contribution is 6.01. The number of aliphatic imine (C=N–C) groups is 1. The summed E-state index contributed by atoms with van der Waals surface area (Å²) in [6, 6.07) is 18.7. The van der Waals surface area contributed by atoms with Crippen LogP contribution < -0.4 is 5.43 Å². The molecule has 2 aliphatic rings. The van der Waals surface area contributed by atoms with E-state index in [1.54, 1.807) is 0 Å². The Labute approximate surface area is 148 Å². The predicted molar refractivity (Wildman–Crippen MR) is 99.9 cm³/mol. The van der Waals surface area contributed by atoms with Gasteiger partial charge in [0.15, 0.2) is 5.84 Å². The Balaban J connectivity index is 1.49. The summed E-state index contributed by atoms with van der Waals surface area (Å²) in [5.74, 6) is 0.987. The van der Waals surface area contributed by atoms with Crippen LogP contribution in [0.3, 0.4) is 0 Å². The van der Waals surface area contributed by atoms with Crippen LogP contribution >= 0.6 is 0 Å². The topological polar surface area (TPSA) is 40.1 Å². The van der Waals surface area contributed by atoms with Gasteiger partial charge >= 0.3 is 0 Å². The highest BCUT2D eigenvalue weighted by Crippen LogP contribution is 2.26. The van der Waals surface area contributed by atoms with E-state index in [2.05, 4.69) is 57.8 Å². The minimum absolute atomic E-state index is 0.826. The highest BCUT2D eigenvalue weighted by atomic mass is 16.5. The second kappa shape index (κ2) is 7.78. The summed E-state index contributed by atoms with van der Waals surface area (Å²) in [4.78, 5) is 7.35. The molecule has 4 rings (SSSR count). The lowest BCUT2D eigenvalue weighted by molar-refractivity contribution is 0.0366. The fraction of sp³-hybridized carbons (Fsp3) is 0.350. The number of benzene rings is 2. The molecule has 1 saturated heterocycles. The fourth-order valence-electron chi connectivity index (χ4n) is 3.28. The van der Waals surface area contributed by atoms with Crippen molar-refractivity contribution in [2.45, 2.75) is 6.54 Å². The molecule has 0 amide bonds. The molecule has 2 aromatic rings. The van der Waals surface area contributed by atoms with Crippen molar-refractivity contribution in [2.75, 3.05) is 39.4 Å². The van der Waals surface area contributed by atoms with E-state index in [0.717, 1.165) is 63.0 Å². The molecule has 0 saturated carbocycles. The maximum atomic E-state index is 5.42. The molecule has 0 radical (unpaired) electrons. The number of nitrogens with zero attached hydrogens (tertiary/aromatic N) is 3. The van der Waals surface area contributed by atoms with E-state index in [1.807, 2.05) is 12.1 Å². The monoisotopic (exact) mass is 336 g/mol. The number of ether oxygens (including phenoxy) is 1. The highest BCUT2D eigenvalue weighted by Gasteiger charge is 2.21. The van der Waals surface area contributed by atoms with Gasteiger partial charge in [-0.2, -0.15) is 0 Å². The zero-order chi connectivity index (χ0) is 16.9. The van der Waals surface area contributed by atoms with Crippen molar-refractivity contribution in [1.82, 2.24) is 15.3 Å². The van der Waals surface area contributed by atoms with Crippen molar-refractivity contribution in [2.24, 2.45) is 4.99 Å². The maximum Gasteiger partial charge on any atom is 0.151 e. The molecule has 0 atom stereocenters. The first-order chi connectivity index (χ1) is 12.4. The number of amidine groups is 1. The molecule has 1 N–H and O–H groups in total. The molecule has 5 nitrogen and oxygen atoms in total. The number of hydrogen-bond acceptors (Lipinski definition) is 5. The molecule has 0 unspecified atom stereocenters. The molecule has 0 spiro atoms. The first-order valence-electron chi connectivity index (χ1n) is 8.93. The summed E-state index contributed by atoms with van der Waals surface area (Å²) in [7, 11) is 0. The number of fused-ring (bicyclic) bond motifs is 1. The first kappa shape index (κ1) is 16.3. The van der Waals surface area contributed by atoms with Crippen molar-refractivity contribution in [3.8, 4) is 0 Å². The molecule has 130 valence electrons. The molecule has 0 aromatic heterocycles. The number of para-hydroxylation sites is 1. The summed E-state index contributed by atoms with van der Waals surface area (Å²) in [6.07, 6.45) is 0. The summed E-state index contributed by atoms with van der Waals surface area (Å²) in [5, 5.41) is 2.18. The van der Waals surface area contributed by atoms with Crippen LogP contribution in [-0.2, 0) is 11.3 Å². The molecule has 2 aliphatic heterocycles. The van der Waals surface area contributed by atoms with Gasteiger partial charge in [-0.25, -0.2) is 10.4 Å². The zero-order valence-electron chi connectivity index (χ0n) is 14.4. The van der Waals surface area contributed by atoms with Gasteiger partial charge in [0.2, 0.25) is 0 Å². The van der Waals surface area contributed by atoms with Crippen molar-refractivity contribution in [3.63, 3.8) is 0 Å². The maximum absolute atomic E-state index is 5.42. The molecule has 25 heavy (non-hydrogen) atoms. The van der Waals surface area contributed by atoms with Gasteiger partial charge in [-0.05, 0) is 11.6 Å². The van der Waals surface area contributed by atoms with Crippen LogP contribution in [0, 0.1) is 0 Å². The summed E-state index contributed by atoms with van der Waals surface area (Å²) in [6.45, 7) is 6.46. The first-order valence-corrected chi connectivity index (χ1v) is 8.93. The Bertz CT molecular complexity index is 725. The minimum Gasteiger partial charge on any atom is -0.379 e. The van der Waals surface area contributed by atoms with Gasteiger partial charge in [-0.15, -0.1) is 0 Å². The molecular formula is C20H24N4O. The Morgan fingerprint density at radius 3 is 2.56 bits per heavy atom. The van der Waals surface area contributed by atoms with E-state index in [4.69, 9.17) is 9.73 Å². The number of hydrogen-bond donors (Lipinski definition) is 1. The average Bonchev–Trinajstić information content (AvgIpc) is 2.69. The molecule has 5 heteroatoms. The predicted octanol–water partition coefficient (Wildman–Crippen LogP) is 2.42. The van der Waals surface area contributed by atoms with Crippen LogP contribution in [0.4, 0.5) is 5.69 Å². The quantitative estimate of drug-likeness (QED) is 0.910. The Morgan fingerprint density at radius 2 is 1.72 bits per heavy atom. The lowest BCUT2D eigenvalue weighted by Crippen LogP contribution is -2.48. The SMILES string of the molecule is c1ccc(C2=Nc3ccccc3CN2NCCN2CCOCC2)cc1. The van der Waals surface area contributed by atoms with Crippen LogP contribution in [0.2, 0.25) is 0 Å². The normalized spacial score (nSPS) is 17.9. The van der Waals surface area contributed by atoms with Gasteiger partial charge in [0, 0.05) is 31.7 Å². The molecule has 0 aliphatic carbocycles. The van der Waals surface area contributed by atoms with E-state index >= 15 is 0 Å². The number of morpholine rings is 1. The third kappa shape index (κ3) is 3.90. The van der Waals surface area contributed by atoms with Crippen molar-refractivity contribution in [1.29, 1.82) is 0 Å². The standard InChI is InChI=1S/C20H24N4O/c1-2-6-17(7-3-1)20-22-19-9-5-4-8-18(19)16-24(20)21-10-11-23-12-14-25-15-13-23/h1-9,21H,10-16H2. The number of hydrazine groups is 1. The zero-order valence-corrected chi connectivity index (χ0v) is 14.4. The van der Waals surface area contributed by atoms with Crippen molar-refractivity contribution in [3.05, 3.63) is 65.7 Å². The Morgan fingerprint density at radius 1 is 0.960 bits per heavy atom. The van der Waals surface area contributed by atoms with Gasteiger partial charge in [0.1, 0.15) is 0 Å². The van der Waals surface area contributed by atoms with Crippen LogP contribution in [0.5, 0.6) is 0 Å². The third-order valence-corrected chi connectivity index (χ3v) is 4.67.